The smallest absolute Gasteiger partial charge is 0.335 e. The maximum absolute atomic E-state index is 10.8. The van der Waals surface area contributed by atoms with E-state index >= 15 is 0 Å². The maximum atomic E-state index is 10.8. The van der Waals surface area contributed by atoms with Gasteiger partial charge in [-0.05, 0) is 30.2 Å². The summed E-state index contributed by atoms with van der Waals surface area (Å²) in [5, 5.41) is 19.4. The Morgan fingerprint density at radius 1 is 0.944 bits per heavy atom. The van der Waals surface area contributed by atoms with Crippen molar-refractivity contribution >= 4 is 5.97 Å². The summed E-state index contributed by atoms with van der Waals surface area (Å²) >= 11 is 0. The predicted octanol–water partition coefficient (Wildman–Crippen LogP) is 2.64. The Balaban J connectivity index is 2.39. The highest BCUT2D eigenvalue weighted by molar-refractivity contribution is 5.87. The molecule has 0 spiro atoms. The van der Waals surface area contributed by atoms with Crippen LogP contribution in [0.5, 0.6) is 0 Å². The van der Waals surface area contributed by atoms with E-state index < -0.39 is 11.6 Å². The number of rotatable bonds is 3. The summed E-state index contributed by atoms with van der Waals surface area (Å²) in [6, 6.07) is 15.5. The molecule has 3 heteroatoms. The quantitative estimate of drug-likeness (QED) is 0.869. The van der Waals surface area contributed by atoms with Crippen molar-refractivity contribution in [3.63, 3.8) is 0 Å². The molecule has 2 N–H and O–H groups in total. The van der Waals surface area contributed by atoms with Crippen molar-refractivity contribution in [2.75, 3.05) is 0 Å². The monoisotopic (exact) mass is 242 g/mol. The predicted molar refractivity (Wildman–Crippen MR) is 68.5 cm³/mol. The van der Waals surface area contributed by atoms with Gasteiger partial charge in [0.1, 0.15) is 5.60 Å². The Hall–Kier alpha value is -2.13. The van der Waals surface area contributed by atoms with Crippen LogP contribution in [0.15, 0.2) is 54.6 Å². The van der Waals surface area contributed by atoms with E-state index in [9.17, 15) is 9.90 Å². The Morgan fingerprint density at radius 2 is 1.44 bits per heavy atom. The summed E-state index contributed by atoms with van der Waals surface area (Å²) in [7, 11) is 0. The summed E-state index contributed by atoms with van der Waals surface area (Å²) in [6.45, 7) is 1.69. The summed E-state index contributed by atoms with van der Waals surface area (Å²) in [5.74, 6) is -0.971. The van der Waals surface area contributed by atoms with E-state index in [1.165, 1.54) is 12.1 Å². The SMILES string of the molecule is C[C@@](O)(c1ccccc1)c1ccc(C(=O)O)cc1. The lowest BCUT2D eigenvalue weighted by atomic mass is 9.88. The van der Waals surface area contributed by atoms with Gasteiger partial charge in [-0.1, -0.05) is 42.5 Å². The normalized spacial score (nSPS) is 13.9. The number of hydrogen-bond acceptors (Lipinski definition) is 2. The first-order chi connectivity index (χ1) is 8.51. The van der Waals surface area contributed by atoms with Crippen molar-refractivity contribution in [2.24, 2.45) is 0 Å². The van der Waals surface area contributed by atoms with Crippen molar-refractivity contribution in [1.82, 2.24) is 0 Å². The van der Waals surface area contributed by atoms with Gasteiger partial charge in [0.25, 0.3) is 0 Å². The second-order valence-electron chi connectivity index (χ2n) is 4.32. The second kappa shape index (κ2) is 4.63. The van der Waals surface area contributed by atoms with E-state index in [1.807, 2.05) is 30.3 Å². The van der Waals surface area contributed by atoms with E-state index in [1.54, 1.807) is 19.1 Å². The molecule has 0 aliphatic heterocycles. The lowest BCUT2D eigenvalue weighted by Gasteiger charge is -2.24. The Morgan fingerprint density at radius 3 is 1.94 bits per heavy atom. The molecule has 2 aromatic rings. The van der Waals surface area contributed by atoms with Gasteiger partial charge in [-0.15, -0.1) is 0 Å². The molecule has 1 atom stereocenters. The highest BCUT2D eigenvalue weighted by Crippen LogP contribution is 2.28. The fourth-order valence-electron chi connectivity index (χ4n) is 1.87. The van der Waals surface area contributed by atoms with E-state index in [0.29, 0.717) is 5.56 Å². The molecule has 0 radical (unpaired) electrons. The van der Waals surface area contributed by atoms with Gasteiger partial charge < -0.3 is 10.2 Å². The summed E-state index contributed by atoms with van der Waals surface area (Å²) in [6.07, 6.45) is 0. The number of hydrogen-bond donors (Lipinski definition) is 2. The average Bonchev–Trinajstić information content (AvgIpc) is 2.40. The van der Waals surface area contributed by atoms with E-state index in [-0.39, 0.29) is 5.56 Å². The molecule has 0 bridgehead atoms. The molecule has 0 aliphatic carbocycles. The van der Waals surface area contributed by atoms with Crippen LogP contribution >= 0.6 is 0 Å². The van der Waals surface area contributed by atoms with Crippen molar-refractivity contribution in [3.05, 3.63) is 71.3 Å². The molecule has 0 amide bonds. The number of carboxylic acids is 1. The third-order valence-electron chi connectivity index (χ3n) is 3.03. The summed E-state index contributed by atoms with van der Waals surface area (Å²) in [4.78, 5) is 10.8. The van der Waals surface area contributed by atoms with Crippen LogP contribution in [0.2, 0.25) is 0 Å². The van der Waals surface area contributed by atoms with E-state index in [4.69, 9.17) is 5.11 Å². The molecule has 2 rings (SSSR count). The minimum Gasteiger partial charge on any atom is -0.478 e. The van der Waals surface area contributed by atoms with Crippen molar-refractivity contribution in [2.45, 2.75) is 12.5 Å². The topological polar surface area (TPSA) is 57.5 Å². The first-order valence-corrected chi connectivity index (χ1v) is 5.63. The van der Waals surface area contributed by atoms with Crippen molar-refractivity contribution in [3.8, 4) is 0 Å². The van der Waals surface area contributed by atoms with Crippen LogP contribution in [0, 0.1) is 0 Å². The second-order valence-corrected chi connectivity index (χ2v) is 4.32. The Bertz CT molecular complexity index is 542. The molecule has 0 saturated carbocycles. The van der Waals surface area contributed by atoms with Crippen LogP contribution in [0.25, 0.3) is 0 Å². The van der Waals surface area contributed by atoms with Gasteiger partial charge >= 0.3 is 5.97 Å². The molecule has 92 valence electrons. The van der Waals surface area contributed by atoms with Gasteiger partial charge in [0.05, 0.1) is 5.56 Å². The Kier molecular flexibility index (Phi) is 3.17. The van der Waals surface area contributed by atoms with Crippen LogP contribution in [-0.4, -0.2) is 16.2 Å². The Labute approximate surface area is 105 Å². The minimum absolute atomic E-state index is 0.211. The molecule has 0 heterocycles. The average molecular weight is 242 g/mol. The number of carbonyl (C=O) groups is 1. The van der Waals surface area contributed by atoms with Gasteiger partial charge in [-0.25, -0.2) is 4.79 Å². The zero-order valence-electron chi connectivity index (χ0n) is 10.00. The van der Waals surface area contributed by atoms with Crippen LogP contribution < -0.4 is 0 Å². The van der Waals surface area contributed by atoms with Crippen LogP contribution in [-0.2, 0) is 5.60 Å². The van der Waals surface area contributed by atoms with Crippen molar-refractivity contribution < 1.29 is 15.0 Å². The van der Waals surface area contributed by atoms with Crippen LogP contribution in [0.4, 0.5) is 0 Å². The van der Waals surface area contributed by atoms with Crippen molar-refractivity contribution in [1.29, 1.82) is 0 Å². The van der Waals surface area contributed by atoms with Gasteiger partial charge in [0.15, 0.2) is 0 Å². The van der Waals surface area contributed by atoms with Crippen LogP contribution in [0.3, 0.4) is 0 Å². The number of aliphatic hydroxyl groups is 1. The zero-order chi connectivity index (χ0) is 13.2. The minimum atomic E-state index is -1.13. The van der Waals surface area contributed by atoms with E-state index in [0.717, 1.165) is 5.56 Å². The molecule has 2 aromatic carbocycles. The molecule has 0 fully saturated rings. The number of aromatic carboxylic acids is 1. The zero-order valence-corrected chi connectivity index (χ0v) is 10.00. The lowest BCUT2D eigenvalue weighted by molar-refractivity contribution is 0.0695. The molecule has 0 aromatic heterocycles. The molecule has 0 saturated heterocycles. The van der Waals surface area contributed by atoms with Gasteiger partial charge in [-0.3, -0.25) is 0 Å². The highest BCUT2D eigenvalue weighted by Gasteiger charge is 2.25. The molecule has 3 nitrogen and oxygen atoms in total. The molecular weight excluding hydrogens is 228 g/mol. The fourth-order valence-corrected chi connectivity index (χ4v) is 1.87. The van der Waals surface area contributed by atoms with Gasteiger partial charge in [-0.2, -0.15) is 0 Å². The molecule has 0 unspecified atom stereocenters. The summed E-state index contributed by atoms with van der Waals surface area (Å²) < 4.78 is 0. The van der Waals surface area contributed by atoms with Gasteiger partial charge in [0, 0.05) is 0 Å². The fraction of sp³-hybridized carbons (Fsp3) is 0.133. The first-order valence-electron chi connectivity index (χ1n) is 5.63. The standard InChI is InChI=1S/C15H14O3/c1-15(18,12-5-3-2-4-6-12)13-9-7-11(8-10-13)14(16)17/h2-10,18H,1H3,(H,16,17)/t15-/m1/s1. The molecule has 0 aliphatic rings. The first kappa shape index (κ1) is 12.3. The molecular formula is C15H14O3. The largest absolute Gasteiger partial charge is 0.478 e. The van der Waals surface area contributed by atoms with Gasteiger partial charge in [0.2, 0.25) is 0 Å². The third-order valence-corrected chi connectivity index (χ3v) is 3.03. The number of benzene rings is 2. The molecule has 18 heavy (non-hydrogen) atoms. The lowest BCUT2D eigenvalue weighted by Crippen LogP contribution is -2.22. The summed E-state index contributed by atoms with van der Waals surface area (Å²) in [5.41, 5.74) is 0.521. The number of carboxylic acid groups (broad SMARTS) is 1. The van der Waals surface area contributed by atoms with E-state index in [2.05, 4.69) is 0 Å². The maximum Gasteiger partial charge on any atom is 0.335 e. The third kappa shape index (κ3) is 2.26. The van der Waals surface area contributed by atoms with Crippen LogP contribution in [0.1, 0.15) is 28.4 Å². The highest BCUT2D eigenvalue weighted by atomic mass is 16.4.